The first-order valence-corrected chi connectivity index (χ1v) is 8.89. The highest BCUT2D eigenvalue weighted by Gasteiger charge is 2.27. The Morgan fingerprint density at radius 1 is 1.19 bits per heavy atom. The minimum Gasteiger partial charge on any atom is -0.360 e. The van der Waals surface area contributed by atoms with Crippen LogP contribution < -0.4 is 5.32 Å². The Morgan fingerprint density at radius 2 is 2.10 bits per heavy atom. The fraction of sp³-hybridized carbons (Fsp3) is 0.400. The molecule has 2 aromatic heterocycles. The summed E-state index contributed by atoms with van der Waals surface area (Å²) in [7, 11) is 0. The van der Waals surface area contributed by atoms with Crippen LogP contribution in [-0.2, 0) is 6.42 Å². The van der Waals surface area contributed by atoms with Gasteiger partial charge in [0, 0.05) is 30.4 Å². The Bertz CT molecular complexity index is 712. The standard InChI is InChI=1S/C15H16N4S2/c1-2-5-12-11(4-1)17-13(20-12)6-3-9-16-15-18-14(19-21-15)10-7-8-10/h1-2,4-5,10H,3,6-9H2,(H,16,18,19). The van der Waals surface area contributed by atoms with Crippen molar-refractivity contribution in [3.63, 3.8) is 0 Å². The van der Waals surface area contributed by atoms with Crippen LogP contribution in [0.15, 0.2) is 24.3 Å². The van der Waals surface area contributed by atoms with Crippen molar-refractivity contribution >= 4 is 38.2 Å². The third-order valence-corrected chi connectivity index (χ3v) is 5.35. The van der Waals surface area contributed by atoms with Gasteiger partial charge in [-0.15, -0.1) is 11.3 Å². The van der Waals surface area contributed by atoms with E-state index in [2.05, 4.69) is 37.9 Å². The Kier molecular flexibility index (Phi) is 3.57. The number of nitrogens with zero attached hydrogens (tertiary/aromatic N) is 3. The van der Waals surface area contributed by atoms with Crippen LogP contribution in [0.1, 0.15) is 36.0 Å². The molecular weight excluding hydrogens is 300 g/mol. The fourth-order valence-electron chi connectivity index (χ4n) is 2.28. The van der Waals surface area contributed by atoms with Gasteiger partial charge in [0.15, 0.2) is 0 Å². The molecule has 0 bridgehead atoms. The molecule has 0 saturated heterocycles. The van der Waals surface area contributed by atoms with Crippen molar-refractivity contribution in [2.24, 2.45) is 0 Å². The molecular formula is C15H16N4S2. The summed E-state index contributed by atoms with van der Waals surface area (Å²) in [5.41, 5.74) is 1.11. The maximum atomic E-state index is 4.66. The van der Waals surface area contributed by atoms with Crippen LogP contribution in [0.5, 0.6) is 0 Å². The molecule has 1 N–H and O–H groups in total. The van der Waals surface area contributed by atoms with Gasteiger partial charge in [-0.1, -0.05) is 12.1 Å². The highest BCUT2D eigenvalue weighted by molar-refractivity contribution is 7.18. The number of benzene rings is 1. The number of aromatic nitrogens is 3. The smallest absolute Gasteiger partial charge is 0.202 e. The molecule has 1 saturated carbocycles. The molecule has 21 heavy (non-hydrogen) atoms. The molecule has 3 aromatic rings. The molecule has 6 heteroatoms. The lowest BCUT2D eigenvalue weighted by Crippen LogP contribution is -2.02. The number of rotatable bonds is 6. The van der Waals surface area contributed by atoms with E-state index < -0.39 is 0 Å². The molecule has 4 nitrogen and oxygen atoms in total. The van der Waals surface area contributed by atoms with Gasteiger partial charge in [-0.05, 0) is 31.4 Å². The summed E-state index contributed by atoms with van der Waals surface area (Å²) in [6.45, 7) is 0.926. The monoisotopic (exact) mass is 316 g/mol. The number of para-hydroxylation sites is 1. The van der Waals surface area contributed by atoms with E-state index in [1.54, 1.807) is 11.3 Å². The van der Waals surface area contributed by atoms with Gasteiger partial charge in [-0.25, -0.2) is 9.97 Å². The van der Waals surface area contributed by atoms with Gasteiger partial charge in [0.2, 0.25) is 5.13 Å². The molecule has 4 rings (SSSR count). The van der Waals surface area contributed by atoms with Crippen molar-refractivity contribution in [1.29, 1.82) is 0 Å². The minimum absolute atomic E-state index is 0.638. The average molecular weight is 316 g/mol. The van der Waals surface area contributed by atoms with E-state index in [0.29, 0.717) is 5.92 Å². The summed E-state index contributed by atoms with van der Waals surface area (Å²) in [6, 6.07) is 8.32. The average Bonchev–Trinajstić information content (AvgIpc) is 3.10. The molecule has 0 amide bonds. The molecule has 1 aromatic carbocycles. The lowest BCUT2D eigenvalue weighted by Gasteiger charge is -1.99. The molecule has 0 unspecified atom stereocenters. The summed E-state index contributed by atoms with van der Waals surface area (Å²) in [4.78, 5) is 9.19. The SMILES string of the molecule is c1ccc2sc(CCCNc3nc(C4CC4)ns3)nc2c1. The minimum atomic E-state index is 0.638. The normalized spacial score (nSPS) is 14.7. The number of thiazole rings is 1. The second-order valence-corrected chi connectivity index (χ2v) is 7.20. The van der Waals surface area contributed by atoms with Crippen LogP contribution in [0.3, 0.4) is 0 Å². The summed E-state index contributed by atoms with van der Waals surface area (Å²) in [6.07, 6.45) is 4.60. The van der Waals surface area contributed by atoms with Crippen molar-refractivity contribution in [3.05, 3.63) is 35.1 Å². The lowest BCUT2D eigenvalue weighted by atomic mass is 10.3. The van der Waals surface area contributed by atoms with Gasteiger partial charge < -0.3 is 5.32 Å². The second kappa shape index (κ2) is 5.69. The molecule has 1 fully saturated rings. The van der Waals surface area contributed by atoms with Crippen molar-refractivity contribution in [2.45, 2.75) is 31.6 Å². The molecule has 108 valence electrons. The quantitative estimate of drug-likeness (QED) is 0.696. The lowest BCUT2D eigenvalue weighted by molar-refractivity contribution is 0.854. The van der Waals surface area contributed by atoms with E-state index in [9.17, 15) is 0 Å². The van der Waals surface area contributed by atoms with Crippen molar-refractivity contribution < 1.29 is 0 Å². The topological polar surface area (TPSA) is 50.7 Å². The Morgan fingerprint density at radius 3 is 2.95 bits per heavy atom. The fourth-order valence-corrected chi connectivity index (χ4v) is 3.96. The second-order valence-electron chi connectivity index (χ2n) is 5.34. The molecule has 0 radical (unpaired) electrons. The maximum absolute atomic E-state index is 4.66. The number of fused-ring (bicyclic) bond motifs is 1. The summed E-state index contributed by atoms with van der Waals surface area (Å²) >= 11 is 3.28. The summed E-state index contributed by atoms with van der Waals surface area (Å²) in [5, 5.41) is 5.55. The van der Waals surface area contributed by atoms with Crippen LogP contribution in [0.2, 0.25) is 0 Å². The number of aryl methyl sites for hydroxylation is 1. The maximum Gasteiger partial charge on any atom is 0.202 e. The van der Waals surface area contributed by atoms with E-state index in [1.807, 2.05) is 6.07 Å². The molecule has 0 spiro atoms. The predicted octanol–water partition coefficient (Wildman–Crippen LogP) is 4.07. The number of anilines is 1. The Labute approximate surface area is 131 Å². The van der Waals surface area contributed by atoms with Gasteiger partial charge >= 0.3 is 0 Å². The van der Waals surface area contributed by atoms with Crippen LogP contribution >= 0.6 is 22.9 Å². The Balaban J connectivity index is 1.28. The first-order chi connectivity index (χ1) is 10.4. The molecule has 0 atom stereocenters. The van der Waals surface area contributed by atoms with Gasteiger partial charge in [-0.3, -0.25) is 0 Å². The van der Waals surface area contributed by atoms with Gasteiger partial charge in [-0.2, -0.15) is 4.37 Å². The van der Waals surface area contributed by atoms with Crippen LogP contribution in [-0.4, -0.2) is 20.9 Å². The van der Waals surface area contributed by atoms with E-state index in [0.717, 1.165) is 35.9 Å². The highest BCUT2D eigenvalue weighted by atomic mass is 32.1. The first kappa shape index (κ1) is 13.2. The molecule has 0 aliphatic heterocycles. The third-order valence-electron chi connectivity index (χ3n) is 3.57. The van der Waals surface area contributed by atoms with Crippen molar-refractivity contribution in [1.82, 2.24) is 14.3 Å². The summed E-state index contributed by atoms with van der Waals surface area (Å²) < 4.78 is 5.68. The zero-order valence-corrected chi connectivity index (χ0v) is 13.2. The van der Waals surface area contributed by atoms with Crippen molar-refractivity contribution in [3.8, 4) is 0 Å². The number of hydrogen-bond acceptors (Lipinski definition) is 6. The van der Waals surface area contributed by atoms with E-state index >= 15 is 0 Å². The number of hydrogen-bond donors (Lipinski definition) is 1. The van der Waals surface area contributed by atoms with E-state index in [1.165, 1.54) is 34.1 Å². The summed E-state index contributed by atoms with van der Waals surface area (Å²) in [5.74, 6) is 1.67. The molecule has 1 aliphatic carbocycles. The van der Waals surface area contributed by atoms with Crippen LogP contribution in [0.4, 0.5) is 5.13 Å². The van der Waals surface area contributed by atoms with Crippen LogP contribution in [0, 0.1) is 0 Å². The largest absolute Gasteiger partial charge is 0.360 e. The van der Waals surface area contributed by atoms with E-state index in [-0.39, 0.29) is 0 Å². The highest BCUT2D eigenvalue weighted by Crippen LogP contribution is 2.39. The molecule has 2 heterocycles. The zero-order chi connectivity index (χ0) is 14.1. The van der Waals surface area contributed by atoms with Gasteiger partial charge in [0.1, 0.15) is 5.82 Å². The third kappa shape index (κ3) is 3.06. The predicted molar refractivity (Wildman–Crippen MR) is 88.3 cm³/mol. The molecule has 1 aliphatic rings. The zero-order valence-electron chi connectivity index (χ0n) is 11.6. The van der Waals surface area contributed by atoms with Crippen molar-refractivity contribution in [2.75, 3.05) is 11.9 Å². The Hall–Kier alpha value is -1.53. The van der Waals surface area contributed by atoms with Crippen LogP contribution in [0.25, 0.3) is 10.2 Å². The van der Waals surface area contributed by atoms with Gasteiger partial charge in [0.25, 0.3) is 0 Å². The van der Waals surface area contributed by atoms with Gasteiger partial charge in [0.05, 0.1) is 15.2 Å². The first-order valence-electron chi connectivity index (χ1n) is 7.30. The van der Waals surface area contributed by atoms with E-state index in [4.69, 9.17) is 0 Å². The number of nitrogens with one attached hydrogen (secondary N) is 1.